The van der Waals surface area contributed by atoms with Gasteiger partial charge in [0.25, 0.3) is 5.91 Å². The highest BCUT2D eigenvalue weighted by atomic mass is 16.5. The molecule has 0 bridgehead atoms. The number of benzene rings is 1. The summed E-state index contributed by atoms with van der Waals surface area (Å²) < 4.78 is 7.24. The summed E-state index contributed by atoms with van der Waals surface area (Å²) in [5.41, 5.74) is 1.17. The van der Waals surface area contributed by atoms with Gasteiger partial charge in [0.15, 0.2) is 12.6 Å². The molecule has 1 saturated carbocycles. The number of hydrogen-bond acceptors (Lipinski definition) is 5. The summed E-state index contributed by atoms with van der Waals surface area (Å²) in [6.45, 7) is 1.35. The summed E-state index contributed by atoms with van der Waals surface area (Å²) in [7, 11) is 3.59. The largest absolute Gasteiger partial charge is 0.484 e. The molecule has 0 spiro atoms. The number of guanidine groups is 1. The molecule has 150 valence electrons. The first-order valence-electron chi connectivity index (χ1n) is 9.42. The predicted octanol–water partition coefficient (Wildman–Crippen LogP) is 0.380. The second kappa shape index (κ2) is 9.72. The number of aromatic nitrogens is 3. The standard InChI is InChI=1S/C19H27N7O2/c1-20-19(22-11-17-23-13-24-26(17)2)21-10-9-14-3-7-16(8-4-14)28-12-18(27)25-15-5-6-15/h3-4,7-8,13,15H,5-6,9-12H2,1-2H3,(H,25,27)(H2,20,21,22). The lowest BCUT2D eigenvalue weighted by atomic mass is 10.1. The van der Waals surface area contributed by atoms with Crippen molar-refractivity contribution in [3.63, 3.8) is 0 Å². The Labute approximate surface area is 164 Å². The van der Waals surface area contributed by atoms with E-state index in [9.17, 15) is 4.79 Å². The molecule has 9 heteroatoms. The molecule has 1 aliphatic carbocycles. The topological polar surface area (TPSA) is 105 Å². The quantitative estimate of drug-likeness (QED) is 0.426. The van der Waals surface area contributed by atoms with Gasteiger partial charge in [0.05, 0.1) is 6.54 Å². The van der Waals surface area contributed by atoms with E-state index < -0.39 is 0 Å². The zero-order chi connectivity index (χ0) is 19.8. The van der Waals surface area contributed by atoms with Crippen LogP contribution in [0, 0.1) is 0 Å². The smallest absolute Gasteiger partial charge is 0.258 e. The zero-order valence-corrected chi connectivity index (χ0v) is 16.3. The van der Waals surface area contributed by atoms with Crippen LogP contribution in [0.1, 0.15) is 24.2 Å². The molecule has 3 N–H and O–H groups in total. The lowest BCUT2D eigenvalue weighted by Crippen LogP contribution is -2.38. The van der Waals surface area contributed by atoms with E-state index in [0.717, 1.165) is 31.6 Å². The molecule has 1 aliphatic rings. The molecule has 0 aliphatic heterocycles. The summed E-state index contributed by atoms with van der Waals surface area (Å²) in [5.74, 6) is 2.19. The summed E-state index contributed by atoms with van der Waals surface area (Å²) >= 11 is 0. The van der Waals surface area contributed by atoms with Gasteiger partial charge in [-0.2, -0.15) is 5.10 Å². The Morgan fingerprint density at radius 3 is 2.71 bits per heavy atom. The van der Waals surface area contributed by atoms with Gasteiger partial charge in [-0.3, -0.25) is 14.5 Å². The third-order valence-corrected chi connectivity index (χ3v) is 4.38. The maximum Gasteiger partial charge on any atom is 0.258 e. The molecule has 0 saturated heterocycles. The van der Waals surface area contributed by atoms with Gasteiger partial charge in [-0.25, -0.2) is 4.98 Å². The molecule has 1 aromatic carbocycles. The fourth-order valence-corrected chi connectivity index (χ4v) is 2.59. The van der Waals surface area contributed by atoms with Crippen LogP contribution in [-0.2, 0) is 24.8 Å². The third-order valence-electron chi connectivity index (χ3n) is 4.38. The Kier molecular flexibility index (Phi) is 6.83. The third kappa shape index (κ3) is 6.26. The van der Waals surface area contributed by atoms with Crippen molar-refractivity contribution in [1.82, 2.24) is 30.7 Å². The minimum Gasteiger partial charge on any atom is -0.484 e. The van der Waals surface area contributed by atoms with Crippen molar-refractivity contribution in [2.24, 2.45) is 12.0 Å². The number of carbonyl (C=O) groups excluding carboxylic acids is 1. The van der Waals surface area contributed by atoms with E-state index >= 15 is 0 Å². The highest BCUT2D eigenvalue weighted by Gasteiger charge is 2.23. The van der Waals surface area contributed by atoms with Crippen LogP contribution < -0.4 is 20.7 Å². The first kappa shape index (κ1) is 19.7. The number of rotatable bonds is 9. The van der Waals surface area contributed by atoms with Gasteiger partial charge in [-0.15, -0.1) is 0 Å². The highest BCUT2D eigenvalue weighted by Crippen LogP contribution is 2.18. The van der Waals surface area contributed by atoms with Gasteiger partial charge >= 0.3 is 0 Å². The molecule has 1 aromatic heterocycles. The van der Waals surface area contributed by atoms with Crippen LogP contribution in [0.3, 0.4) is 0 Å². The minimum atomic E-state index is -0.0593. The Morgan fingerprint density at radius 1 is 1.29 bits per heavy atom. The van der Waals surface area contributed by atoms with Crippen LogP contribution in [0.4, 0.5) is 0 Å². The Hall–Kier alpha value is -3.10. The second-order valence-electron chi connectivity index (χ2n) is 6.68. The molecular formula is C19H27N7O2. The molecule has 9 nitrogen and oxygen atoms in total. The number of amides is 1. The molecule has 1 fully saturated rings. The van der Waals surface area contributed by atoms with Crippen LogP contribution in [-0.4, -0.2) is 52.9 Å². The number of hydrogen-bond donors (Lipinski definition) is 3. The first-order valence-corrected chi connectivity index (χ1v) is 9.42. The molecular weight excluding hydrogens is 358 g/mol. The molecule has 28 heavy (non-hydrogen) atoms. The van der Waals surface area contributed by atoms with Crippen LogP contribution in [0.2, 0.25) is 0 Å². The van der Waals surface area contributed by atoms with Crippen LogP contribution in [0.25, 0.3) is 0 Å². The Bertz CT molecular complexity index is 797. The summed E-state index contributed by atoms with van der Waals surface area (Å²) in [6.07, 6.45) is 4.52. The van der Waals surface area contributed by atoms with Crippen molar-refractivity contribution in [2.75, 3.05) is 20.2 Å². The van der Waals surface area contributed by atoms with E-state index in [-0.39, 0.29) is 12.5 Å². The van der Waals surface area contributed by atoms with Crippen molar-refractivity contribution in [1.29, 1.82) is 0 Å². The lowest BCUT2D eigenvalue weighted by Gasteiger charge is -2.12. The van der Waals surface area contributed by atoms with Crippen LogP contribution in [0.15, 0.2) is 35.6 Å². The number of nitrogens with one attached hydrogen (secondary N) is 3. The second-order valence-corrected chi connectivity index (χ2v) is 6.68. The zero-order valence-electron chi connectivity index (χ0n) is 16.3. The average molecular weight is 385 g/mol. The van der Waals surface area contributed by atoms with Gasteiger partial charge in [0.2, 0.25) is 0 Å². The summed E-state index contributed by atoms with van der Waals surface area (Å²) in [5, 5.41) is 13.4. The van der Waals surface area contributed by atoms with E-state index in [4.69, 9.17) is 4.74 Å². The maximum atomic E-state index is 11.6. The fraction of sp³-hybridized carbons (Fsp3) is 0.474. The van der Waals surface area contributed by atoms with Gasteiger partial charge in [0, 0.05) is 26.7 Å². The molecule has 1 amide bonds. The van der Waals surface area contributed by atoms with E-state index in [0.29, 0.717) is 24.3 Å². The maximum absolute atomic E-state index is 11.6. The SMILES string of the molecule is CN=C(NCCc1ccc(OCC(=O)NC2CC2)cc1)NCc1ncnn1C. The number of aliphatic imine (C=N–C) groups is 1. The predicted molar refractivity (Wildman–Crippen MR) is 106 cm³/mol. The first-order chi connectivity index (χ1) is 13.6. The van der Waals surface area contributed by atoms with E-state index in [1.165, 1.54) is 11.9 Å². The monoisotopic (exact) mass is 385 g/mol. The van der Waals surface area contributed by atoms with Crippen molar-refractivity contribution >= 4 is 11.9 Å². The van der Waals surface area contributed by atoms with Crippen molar-refractivity contribution < 1.29 is 9.53 Å². The van der Waals surface area contributed by atoms with Crippen molar-refractivity contribution in [3.05, 3.63) is 42.0 Å². The lowest BCUT2D eigenvalue weighted by molar-refractivity contribution is -0.123. The number of nitrogens with zero attached hydrogens (tertiary/aromatic N) is 4. The molecule has 0 radical (unpaired) electrons. The summed E-state index contributed by atoms with van der Waals surface area (Å²) in [4.78, 5) is 20.0. The molecule has 0 atom stereocenters. The van der Waals surface area contributed by atoms with E-state index in [1.807, 2.05) is 31.3 Å². The minimum absolute atomic E-state index is 0.0593. The summed E-state index contributed by atoms with van der Waals surface area (Å²) in [6, 6.07) is 8.15. The van der Waals surface area contributed by atoms with Gasteiger partial charge in [-0.1, -0.05) is 12.1 Å². The molecule has 0 unspecified atom stereocenters. The van der Waals surface area contributed by atoms with E-state index in [1.54, 1.807) is 11.7 Å². The van der Waals surface area contributed by atoms with Crippen molar-refractivity contribution in [2.45, 2.75) is 31.8 Å². The van der Waals surface area contributed by atoms with Gasteiger partial charge < -0.3 is 20.7 Å². The number of carbonyl (C=O) groups is 1. The average Bonchev–Trinajstić information content (AvgIpc) is 3.42. The molecule has 2 aromatic rings. The van der Waals surface area contributed by atoms with Crippen molar-refractivity contribution in [3.8, 4) is 5.75 Å². The fourth-order valence-electron chi connectivity index (χ4n) is 2.59. The van der Waals surface area contributed by atoms with E-state index in [2.05, 4.69) is 31.0 Å². The van der Waals surface area contributed by atoms with Gasteiger partial charge in [0.1, 0.15) is 17.9 Å². The molecule has 3 rings (SSSR count). The Morgan fingerprint density at radius 2 is 2.07 bits per heavy atom. The number of aryl methyl sites for hydroxylation is 1. The molecule has 1 heterocycles. The van der Waals surface area contributed by atoms with Gasteiger partial charge in [-0.05, 0) is 37.0 Å². The highest BCUT2D eigenvalue weighted by molar-refractivity contribution is 5.79. The number of ether oxygens (including phenoxy) is 1. The van der Waals surface area contributed by atoms with Crippen LogP contribution >= 0.6 is 0 Å². The van der Waals surface area contributed by atoms with Crippen LogP contribution in [0.5, 0.6) is 5.75 Å². The normalized spacial score (nSPS) is 13.9. The Balaban J connectivity index is 1.35.